The summed E-state index contributed by atoms with van der Waals surface area (Å²) in [6, 6.07) is -3.84. The number of nitrogens with one attached hydrogen (secondary N) is 4. The number of nitrogens with two attached hydrogens (primary N) is 1. The van der Waals surface area contributed by atoms with Crippen LogP contribution in [-0.2, 0) is 23.9 Å². The van der Waals surface area contributed by atoms with Crippen molar-refractivity contribution in [3.05, 3.63) is 0 Å². The molecular formula is C29H48N6O7. The summed E-state index contributed by atoms with van der Waals surface area (Å²) in [6.45, 7) is 14.5. The van der Waals surface area contributed by atoms with Gasteiger partial charge < -0.3 is 36.6 Å². The number of nitrogens with zero attached hydrogens (tertiary/aromatic N) is 1. The molecule has 5 atom stereocenters. The number of hydrogen-bond donors (Lipinski definition) is 5. The van der Waals surface area contributed by atoms with E-state index >= 15 is 0 Å². The first kappa shape index (κ1) is 33.1. The van der Waals surface area contributed by atoms with Gasteiger partial charge in [-0.05, 0) is 71.1 Å². The van der Waals surface area contributed by atoms with Gasteiger partial charge in [-0.3, -0.25) is 19.2 Å². The summed E-state index contributed by atoms with van der Waals surface area (Å²) in [4.78, 5) is 78.7. The van der Waals surface area contributed by atoms with Crippen molar-refractivity contribution in [3.63, 3.8) is 0 Å². The highest BCUT2D eigenvalue weighted by Gasteiger charge is 2.69. The number of likely N-dealkylation sites (tertiary alicyclic amines) is 1. The van der Waals surface area contributed by atoms with Gasteiger partial charge in [0.1, 0.15) is 17.7 Å². The third-order valence-corrected chi connectivity index (χ3v) is 8.37. The molecule has 13 nitrogen and oxygen atoms in total. The summed E-state index contributed by atoms with van der Waals surface area (Å²) in [5.74, 6) is -3.04. The van der Waals surface area contributed by atoms with E-state index in [1.807, 2.05) is 13.8 Å². The van der Waals surface area contributed by atoms with Crippen LogP contribution in [0.5, 0.6) is 0 Å². The number of hydrogen-bond acceptors (Lipinski definition) is 7. The SMILES string of the molecule is CC(C)(C)NC(=O)N[C@@H](CNC(=O)OC(C)(C)C)C(=O)N1CC2C(C1C(=O)NC(CC1CCC1)C(=O)C(N)=O)C2(C)C. The molecule has 0 aromatic heterocycles. The van der Waals surface area contributed by atoms with Crippen LogP contribution in [0.4, 0.5) is 9.59 Å². The predicted octanol–water partition coefficient (Wildman–Crippen LogP) is 1.19. The highest BCUT2D eigenvalue weighted by atomic mass is 16.6. The minimum absolute atomic E-state index is 0.0250. The number of Topliss-reactive ketones (excluding diaryl/α,β-unsaturated/α-hetero) is 1. The van der Waals surface area contributed by atoms with Crippen LogP contribution in [0, 0.1) is 23.2 Å². The maximum atomic E-state index is 14.0. The average molecular weight is 593 g/mol. The molecule has 2 saturated carbocycles. The fourth-order valence-corrected chi connectivity index (χ4v) is 5.97. The van der Waals surface area contributed by atoms with Crippen LogP contribution >= 0.6 is 0 Å². The van der Waals surface area contributed by atoms with E-state index in [1.165, 1.54) is 4.90 Å². The van der Waals surface area contributed by atoms with E-state index in [1.54, 1.807) is 41.5 Å². The topological polar surface area (TPSA) is 189 Å². The third kappa shape index (κ3) is 8.13. The number of alkyl carbamates (subject to hydrolysis) is 1. The van der Waals surface area contributed by atoms with Gasteiger partial charge in [0.2, 0.25) is 17.6 Å². The standard InChI is InChI=1S/C29H48N6O7/c1-27(2,3)34-25(40)33-18(13-31-26(41)42-28(4,5)6)24(39)35-14-16-19(29(16,7)8)20(35)23(38)32-17(21(36)22(30)37)12-15-10-9-11-15/h15-20H,9-14H2,1-8H3,(H2,30,37)(H,31,41)(H,32,38)(H2,33,34,40)/t16?,17?,18-,19?,20?/m0/s1. The predicted molar refractivity (Wildman–Crippen MR) is 154 cm³/mol. The summed E-state index contributed by atoms with van der Waals surface area (Å²) < 4.78 is 5.28. The first-order chi connectivity index (χ1) is 19.2. The molecule has 1 saturated heterocycles. The Morgan fingerprint density at radius 2 is 1.60 bits per heavy atom. The third-order valence-electron chi connectivity index (χ3n) is 8.37. The second-order valence-corrected chi connectivity index (χ2v) is 14.5. The average Bonchev–Trinajstić information content (AvgIpc) is 3.12. The highest BCUT2D eigenvalue weighted by molar-refractivity contribution is 6.37. The number of fused-ring (bicyclic) bond motifs is 1. The van der Waals surface area contributed by atoms with Gasteiger partial charge in [-0.1, -0.05) is 33.1 Å². The first-order valence-electron chi connectivity index (χ1n) is 14.7. The molecule has 0 spiro atoms. The Morgan fingerprint density at radius 3 is 2.10 bits per heavy atom. The molecule has 0 aromatic rings. The molecule has 3 aliphatic rings. The van der Waals surface area contributed by atoms with Crippen molar-refractivity contribution in [2.24, 2.45) is 28.9 Å². The van der Waals surface area contributed by atoms with Crippen LogP contribution in [0.25, 0.3) is 0 Å². The maximum Gasteiger partial charge on any atom is 0.407 e. The zero-order chi connectivity index (χ0) is 31.8. The lowest BCUT2D eigenvalue weighted by Gasteiger charge is -2.35. The van der Waals surface area contributed by atoms with Gasteiger partial charge in [0.05, 0.1) is 12.6 Å². The molecule has 42 heavy (non-hydrogen) atoms. The van der Waals surface area contributed by atoms with Crippen molar-refractivity contribution in [2.75, 3.05) is 13.1 Å². The zero-order valence-corrected chi connectivity index (χ0v) is 26.1. The Balaban J connectivity index is 1.82. The van der Waals surface area contributed by atoms with E-state index in [2.05, 4.69) is 21.3 Å². The second-order valence-electron chi connectivity index (χ2n) is 14.5. The van der Waals surface area contributed by atoms with E-state index in [4.69, 9.17) is 10.5 Å². The van der Waals surface area contributed by atoms with Crippen LogP contribution in [0.2, 0.25) is 0 Å². The lowest BCUT2D eigenvalue weighted by Crippen LogP contribution is -2.61. The maximum absolute atomic E-state index is 14.0. The molecular weight excluding hydrogens is 544 g/mol. The van der Waals surface area contributed by atoms with Gasteiger partial charge in [0, 0.05) is 12.1 Å². The number of urea groups is 1. The number of ketones is 1. The van der Waals surface area contributed by atoms with Crippen molar-refractivity contribution in [2.45, 2.75) is 110 Å². The number of carbonyl (C=O) groups is 6. The van der Waals surface area contributed by atoms with Crippen molar-refractivity contribution in [1.29, 1.82) is 0 Å². The van der Waals surface area contributed by atoms with E-state index in [0.29, 0.717) is 6.42 Å². The molecule has 236 valence electrons. The summed E-state index contributed by atoms with van der Waals surface area (Å²) >= 11 is 0. The Kier molecular flexibility index (Phi) is 9.53. The number of piperidine rings is 1. The Hall–Kier alpha value is -3.38. The van der Waals surface area contributed by atoms with Gasteiger partial charge in [0.15, 0.2) is 0 Å². The van der Waals surface area contributed by atoms with Crippen LogP contribution in [-0.4, -0.2) is 82.9 Å². The molecule has 4 unspecified atom stereocenters. The fourth-order valence-electron chi connectivity index (χ4n) is 5.97. The molecule has 6 N–H and O–H groups in total. The Morgan fingerprint density at radius 1 is 0.976 bits per heavy atom. The molecule has 3 fully saturated rings. The van der Waals surface area contributed by atoms with Gasteiger partial charge in [-0.15, -0.1) is 0 Å². The monoisotopic (exact) mass is 592 g/mol. The second kappa shape index (κ2) is 12.1. The molecule has 13 heteroatoms. The highest BCUT2D eigenvalue weighted by Crippen LogP contribution is 2.64. The van der Waals surface area contributed by atoms with Gasteiger partial charge in [-0.25, -0.2) is 9.59 Å². The minimum Gasteiger partial charge on any atom is -0.444 e. The summed E-state index contributed by atoms with van der Waals surface area (Å²) in [6.07, 6.45) is 2.37. The van der Waals surface area contributed by atoms with Gasteiger partial charge in [-0.2, -0.15) is 0 Å². The molecule has 0 aromatic carbocycles. The molecule has 2 aliphatic carbocycles. The molecule has 6 amide bonds. The van der Waals surface area contributed by atoms with Crippen molar-refractivity contribution in [1.82, 2.24) is 26.2 Å². The van der Waals surface area contributed by atoms with E-state index < -0.39 is 64.9 Å². The number of amides is 6. The zero-order valence-electron chi connectivity index (χ0n) is 26.1. The van der Waals surface area contributed by atoms with Crippen LogP contribution in [0.15, 0.2) is 0 Å². The molecule has 0 bridgehead atoms. The summed E-state index contributed by atoms with van der Waals surface area (Å²) in [7, 11) is 0. The Labute approximate surface area is 247 Å². The van der Waals surface area contributed by atoms with Crippen LogP contribution < -0.4 is 27.0 Å². The summed E-state index contributed by atoms with van der Waals surface area (Å²) in [5, 5.41) is 10.6. The van der Waals surface area contributed by atoms with Crippen molar-refractivity contribution < 1.29 is 33.5 Å². The van der Waals surface area contributed by atoms with Gasteiger partial charge in [0.25, 0.3) is 5.91 Å². The lowest BCUT2D eigenvalue weighted by molar-refractivity contribution is -0.143. The molecule has 1 heterocycles. The van der Waals surface area contributed by atoms with Crippen molar-refractivity contribution >= 4 is 35.6 Å². The first-order valence-corrected chi connectivity index (χ1v) is 14.7. The van der Waals surface area contributed by atoms with E-state index in [9.17, 15) is 28.8 Å². The Bertz CT molecular complexity index is 1100. The summed E-state index contributed by atoms with van der Waals surface area (Å²) in [5.41, 5.74) is 3.69. The number of ether oxygens (including phenoxy) is 1. The molecule has 3 rings (SSSR count). The van der Waals surface area contributed by atoms with Crippen molar-refractivity contribution in [3.8, 4) is 0 Å². The largest absolute Gasteiger partial charge is 0.444 e. The smallest absolute Gasteiger partial charge is 0.407 e. The van der Waals surface area contributed by atoms with E-state index in [0.717, 1.165) is 19.3 Å². The molecule has 0 radical (unpaired) electrons. The lowest BCUT2D eigenvalue weighted by atomic mass is 9.80. The fraction of sp³-hybridized carbons (Fsp3) is 0.793. The van der Waals surface area contributed by atoms with Gasteiger partial charge >= 0.3 is 12.1 Å². The number of primary amides is 1. The van der Waals surface area contributed by atoms with Crippen LogP contribution in [0.1, 0.15) is 81.1 Å². The minimum atomic E-state index is -1.21. The quantitative estimate of drug-likeness (QED) is 0.235. The molecule has 1 aliphatic heterocycles. The number of carbonyl (C=O) groups excluding carboxylic acids is 6. The van der Waals surface area contributed by atoms with Crippen LogP contribution in [0.3, 0.4) is 0 Å². The number of rotatable bonds is 10. The normalized spacial score (nSPS) is 24.3. The van der Waals surface area contributed by atoms with E-state index in [-0.39, 0.29) is 36.3 Å².